The summed E-state index contributed by atoms with van der Waals surface area (Å²) in [7, 11) is 0. The lowest BCUT2D eigenvalue weighted by Crippen LogP contribution is -2.12. The van der Waals surface area contributed by atoms with Crippen molar-refractivity contribution in [1.82, 2.24) is 4.98 Å². The molecule has 1 aliphatic carbocycles. The Bertz CT molecular complexity index is 966. The first kappa shape index (κ1) is 20.4. The molecule has 0 saturated heterocycles. The Morgan fingerprint density at radius 1 is 1.29 bits per heavy atom. The summed E-state index contributed by atoms with van der Waals surface area (Å²) in [6.45, 7) is 4.12. The SMILES string of the molecule is CC(C)c1ccc(C#N)c(SCCC(=O)Nc2sc3c(c2C#N)CCCC3)n1. The molecule has 5 nitrogen and oxygen atoms in total. The quantitative estimate of drug-likeness (QED) is 0.676. The fourth-order valence-corrected chi connectivity index (χ4v) is 5.35. The third-order valence-electron chi connectivity index (χ3n) is 4.70. The standard InChI is InChI=1S/C21H22N4OS2/c1-13(2)17-8-7-14(11-22)20(24-17)27-10-9-19(26)25-21-16(12-23)15-5-3-4-6-18(15)28-21/h7-8,13H,3-6,9-10H2,1-2H3,(H,25,26). The molecule has 0 atom stereocenters. The zero-order chi connectivity index (χ0) is 20.1. The highest BCUT2D eigenvalue weighted by Crippen LogP contribution is 2.37. The van der Waals surface area contributed by atoms with E-state index in [0.717, 1.165) is 36.9 Å². The number of fused-ring (bicyclic) bond motifs is 1. The number of anilines is 1. The van der Waals surface area contributed by atoms with Crippen LogP contribution in [0.25, 0.3) is 0 Å². The Morgan fingerprint density at radius 3 is 2.79 bits per heavy atom. The molecule has 28 heavy (non-hydrogen) atoms. The second-order valence-corrected chi connectivity index (χ2v) is 9.22. The van der Waals surface area contributed by atoms with E-state index < -0.39 is 0 Å². The van der Waals surface area contributed by atoms with E-state index in [0.29, 0.717) is 33.3 Å². The van der Waals surface area contributed by atoms with Crippen molar-refractivity contribution >= 4 is 34.0 Å². The van der Waals surface area contributed by atoms with Crippen molar-refractivity contribution in [2.45, 2.75) is 56.9 Å². The highest BCUT2D eigenvalue weighted by Gasteiger charge is 2.21. The van der Waals surface area contributed by atoms with Crippen molar-refractivity contribution in [2.24, 2.45) is 0 Å². The van der Waals surface area contributed by atoms with E-state index in [-0.39, 0.29) is 11.8 Å². The van der Waals surface area contributed by atoms with Gasteiger partial charge in [-0.1, -0.05) is 13.8 Å². The zero-order valence-corrected chi connectivity index (χ0v) is 17.7. The fraction of sp³-hybridized carbons (Fsp3) is 0.429. The van der Waals surface area contributed by atoms with Gasteiger partial charge in [-0.25, -0.2) is 4.98 Å². The van der Waals surface area contributed by atoms with Crippen LogP contribution in [0.2, 0.25) is 0 Å². The molecule has 0 spiro atoms. The van der Waals surface area contributed by atoms with Gasteiger partial charge in [0.05, 0.1) is 11.1 Å². The predicted molar refractivity (Wildman–Crippen MR) is 113 cm³/mol. The van der Waals surface area contributed by atoms with Gasteiger partial charge < -0.3 is 5.32 Å². The Labute approximate surface area is 173 Å². The molecule has 7 heteroatoms. The Morgan fingerprint density at radius 2 is 2.07 bits per heavy atom. The number of aryl methyl sites for hydroxylation is 1. The summed E-state index contributed by atoms with van der Waals surface area (Å²) in [5.74, 6) is 0.702. The number of rotatable bonds is 6. The molecule has 0 bridgehead atoms. The van der Waals surface area contributed by atoms with Crippen LogP contribution in [0.15, 0.2) is 17.2 Å². The third-order valence-corrected chi connectivity index (χ3v) is 6.90. The summed E-state index contributed by atoms with van der Waals surface area (Å²) in [6.07, 6.45) is 4.47. The minimum Gasteiger partial charge on any atom is -0.317 e. The highest BCUT2D eigenvalue weighted by molar-refractivity contribution is 7.99. The Balaban J connectivity index is 1.62. The molecule has 0 aliphatic heterocycles. The van der Waals surface area contributed by atoms with Gasteiger partial charge in [0.25, 0.3) is 0 Å². The highest BCUT2D eigenvalue weighted by atomic mass is 32.2. The van der Waals surface area contributed by atoms with Gasteiger partial charge in [0.1, 0.15) is 22.2 Å². The van der Waals surface area contributed by atoms with Crippen LogP contribution < -0.4 is 5.32 Å². The predicted octanol–water partition coefficient (Wildman–Crippen LogP) is 5.01. The molecule has 0 radical (unpaired) electrons. The van der Waals surface area contributed by atoms with Gasteiger partial charge in [-0.2, -0.15) is 10.5 Å². The van der Waals surface area contributed by atoms with Crippen molar-refractivity contribution in [3.63, 3.8) is 0 Å². The second kappa shape index (κ2) is 9.23. The number of carbonyl (C=O) groups is 1. The second-order valence-electron chi connectivity index (χ2n) is 7.03. The molecule has 144 valence electrons. The van der Waals surface area contributed by atoms with E-state index in [4.69, 9.17) is 0 Å². The van der Waals surface area contributed by atoms with Crippen LogP contribution in [-0.2, 0) is 17.6 Å². The summed E-state index contributed by atoms with van der Waals surface area (Å²) in [5, 5.41) is 23.0. The maximum atomic E-state index is 12.4. The number of nitriles is 2. The average Bonchev–Trinajstić information content (AvgIpc) is 3.04. The normalized spacial score (nSPS) is 12.9. The summed E-state index contributed by atoms with van der Waals surface area (Å²) in [5.41, 5.74) is 3.23. The van der Waals surface area contributed by atoms with Crippen molar-refractivity contribution < 1.29 is 4.79 Å². The fourth-order valence-electron chi connectivity index (χ4n) is 3.17. The number of thiophene rings is 1. The number of thioether (sulfide) groups is 1. The van der Waals surface area contributed by atoms with Gasteiger partial charge in [0.2, 0.25) is 5.91 Å². The number of hydrogen-bond acceptors (Lipinski definition) is 6. The maximum Gasteiger partial charge on any atom is 0.225 e. The van der Waals surface area contributed by atoms with Crippen LogP contribution in [0.3, 0.4) is 0 Å². The van der Waals surface area contributed by atoms with E-state index in [1.807, 2.05) is 6.07 Å². The average molecular weight is 411 g/mol. The summed E-state index contributed by atoms with van der Waals surface area (Å²) < 4.78 is 0. The van der Waals surface area contributed by atoms with Crippen molar-refractivity contribution in [3.8, 4) is 12.1 Å². The lowest BCUT2D eigenvalue weighted by molar-refractivity contribution is -0.115. The van der Waals surface area contributed by atoms with E-state index in [2.05, 4.69) is 36.3 Å². The molecule has 3 rings (SSSR count). The summed E-state index contributed by atoms with van der Waals surface area (Å²) in [4.78, 5) is 18.2. The number of hydrogen-bond donors (Lipinski definition) is 1. The van der Waals surface area contributed by atoms with Crippen LogP contribution in [-0.4, -0.2) is 16.6 Å². The monoisotopic (exact) mass is 410 g/mol. The zero-order valence-electron chi connectivity index (χ0n) is 16.0. The van der Waals surface area contributed by atoms with Crippen molar-refractivity contribution in [3.05, 3.63) is 39.4 Å². The number of aromatic nitrogens is 1. The maximum absolute atomic E-state index is 12.4. The van der Waals surface area contributed by atoms with Crippen molar-refractivity contribution in [2.75, 3.05) is 11.1 Å². The number of carbonyl (C=O) groups excluding carboxylic acids is 1. The molecule has 2 aromatic rings. The molecule has 2 aromatic heterocycles. The Hall–Kier alpha value is -2.35. The van der Waals surface area contributed by atoms with Crippen LogP contribution in [0.1, 0.15) is 66.3 Å². The minimum absolute atomic E-state index is 0.110. The number of amides is 1. The first-order chi connectivity index (χ1) is 13.5. The third kappa shape index (κ3) is 4.55. The molecule has 2 heterocycles. The van der Waals surface area contributed by atoms with Crippen LogP contribution in [0, 0.1) is 22.7 Å². The molecule has 0 unspecified atom stereocenters. The summed E-state index contributed by atoms with van der Waals surface area (Å²) >= 11 is 2.96. The van der Waals surface area contributed by atoms with Crippen LogP contribution >= 0.6 is 23.1 Å². The van der Waals surface area contributed by atoms with Crippen molar-refractivity contribution in [1.29, 1.82) is 10.5 Å². The molecule has 0 fully saturated rings. The molecular weight excluding hydrogens is 388 g/mol. The minimum atomic E-state index is -0.110. The van der Waals surface area contributed by atoms with Crippen LogP contribution in [0.5, 0.6) is 0 Å². The molecule has 1 amide bonds. The van der Waals surface area contributed by atoms with E-state index in [9.17, 15) is 15.3 Å². The molecule has 0 saturated carbocycles. The van der Waals surface area contributed by atoms with Gasteiger partial charge in [-0.3, -0.25) is 4.79 Å². The van der Waals surface area contributed by atoms with E-state index in [1.165, 1.54) is 28.0 Å². The number of nitrogens with zero attached hydrogens (tertiary/aromatic N) is 3. The van der Waals surface area contributed by atoms with Gasteiger partial charge >= 0.3 is 0 Å². The topological polar surface area (TPSA) is 89.6 Å². The lowest BCUT2D eigenvalue weighted by atomic mass is 9.96. The Kier molecular flexibility index (Phi) is 6.72. The molecule has 0 aromatic carbocycles. The first-order valence-corrected chi connectivity index (χ1v) is 11.2. The lowest BCUT2D eigenvalue weighted by Gasteiger charge is -2.09. The van der Waals surface area contributed by atoms with Gasteiger partial charge in [0.15, 0.2) is 0 Å². The summed E-state index contributed by atoms with van der Waals surface area (Å²) in [6, 6.07) is 8.10. The first-order valence-electron chi connectivity index (χ1n) is 9.41. The smallest absolute Gasteiger partial charge is 0.225 e. The largest absolute Gasteiger partial charge is 0.317 e. The molecule has 1 aliphatic rings. The molecule has 1 N–H and O–H groups in total. The molecular formula is C21H22N4OS2. The van der Waals surface area contributed by atoms with Gasteiger partial charge in [-0.05, 0) is 49.3 Å². The van der Waals surface area contributed by atoms with Gasteiger partial charge in [-0.15, -0.1) is 23.1 Å². The van der Waals surface area contributed by atoms with Crippen LogP contribution in [0.4, 0.5) is 5.00 Å². The van der Waals surface area contributed by atoms with E-state index >= 15 is 0 Å². The number of nitrogens with one attached hydrogen (secondary N) is 1. The van der Waals surface area contributed by atoms with Gasteiger partial charge in [0, 0.05) is 22.7 Å². The van der Waals surface area contributed by atoms with E-state index in [1.54, 1.807) is 6.07 Å². The number of pyridine rings is 1.